The number of benzene rings is 1. The van der Waals surface area contributed by atoms with Crippen LogP contribution in [0.25, 0.3) is 0 Å². The van der Waals surface area contributed by atoms with E-state index in [-0.39, 0.29) is 17.2 Å². The van der Waals surface area contributed by atoms with Crippen molar-refractivity contribution in [2.24, 2.45) is 0 Å². The lowest BCUT2D eigenvalue weighted by Crippen LogP contribution is -2.24. The molecule has 1 amide bonds. The van der Waals surface area contributed by atoms with Gasteiger partial charge in [-0.15, -0.1) is 0 Å². The van der Waals surface area contributed by atoms with Gasteiger partial charge in [-0.2, -0.15) is 0 Å². The summed E-state index contributed by atoms with van der Waals surface area (Å²) in [6, 6.07) is 6.04. The third-order valence-corrected chi connectivity index (χ3v) is 3.55. The number of cyclic esters (lactones) is 1. The molecule has 86 valence electrons. The molecule has 1 heterocycles. The van der Waals surface area contributed by atoms with Crippen LogP contribution in [-0.4, -0.2) is 27.7 Å². The molecule has 1 saturated heterocycles. The first kappa shape index (κ1) is 11.2. The number of halogens is 1. The smallest absolute Gasteiger partial charge is 0.414 e. The topological polar surface area (TPSA) is 63.7 Å². The SMILES string of the molecule is O=C1OCCN1c1ccccc1S(=O)(=O)Cl. The Morgan fingerprint density at radius 1 is 1.31 bits per heavy atom. The van der Waals surface area contributed by atoms with Crippen molar-refractivity contribution >= 4 is 31.5 Å². The summed E-state index contributed by atoms with van der Waals surface area (Å²) in [5.41, 5.74) is 0.250. The van der Waals surface area contributed by atoms with Crippen molar-refractivity contribution in [3.05, 3.63) is 24.3 Å². The van der Waals surface area contributed by atoms with Gasteiger partial charge in [0.05, 0.1) is 12.2 Å². The summed E-state index contributed by atoms with van der Waals surface area (Å²) in [6.45, 7) is 0.567. The number of amides is 1. The number of nitrogens with zero attached hydrogens (tertiary/aromatic N) is 1. The van der Waals surface area contributed by atoms with E-state index in [9.17, 15) is 13.2 Å². The third kappa shape index (κ3) is 1.98. The van der Waals surface area contributed by atoms with Crippen LogP contribution in [0.15, 0.2) is 29.2 Å². The quantitative estimate of drug-likeness (QED) is 0.758. The third-order valence-electron chi connectivity index (χ3n) is 2.18. The lowest BCUT2D eigenvalue weighted by atomic mass is 10.3. The molecule has 1 fully saturated rings. The van der Waals surface area contributed by atoms with E-state index in [0.29, 0.717) is 6.54 Å². The van der Waals surface area contributed by atoms with Crippen molar-refractivity contribution in [3.63, 3.8) is 0 Å². The van der Waals surface area contributed by atoms with E-state index in [4.69, 9.17) is 15.4 Å². The Labute approximate surface area is 97.0 Å². The first-order valence-corrected chi connectivity index (χ1v) is 6.79. The number of ether oxygens (including phenoxy) is 1. The average Bonchev–Trinajstić information content (AvgIpc) is 2.63. The summed E-state index contributed by atoms with van der Waals surface area (Å²) in [6.07, 6.45) is -0.562. The van der Waals surface area contributed by atoms with Gasteiger partial charge in [0.25, 0.3) is 9.05 Å². The van der Waals surface area contributed by atoms with Gasteiger partial charge in [-0.05, 0) is 12.1 Å². The Bertz CT molecular complexity index is 528. The molecule has 0 spiro atoms. The zero-order valence-corrected chi connectivity index (χ0v) is 9.66. The molecule has 1 aromatic carbocycles. The van der Waals surface area contributed by atoms with Crippen molar-refractivity contribution in [3.8, 4) is 0 Å². The van der Waals surface area contributed by atoms with Crippen molar-refractivity contribution in [1.29, 1.82) is 0 Å². The van der Waals surface area contributed by atoms with E-state index >= 15 is 0 Å². The highest BCUT2D eigenvalue weighted by Crippen LogP contribution is 2.29. The van der Waals surface area contributed by atoms with Crippen LogP contribution in [0.5, 0.6) is 0 Å². The Kier molecular flexibility index (Phi) is 2.77. The average molecular weight is 262 g/mol. The fourth-order valence-electron chi connectivity index (χ4n) is 1.50. The van der Waals surface area contributed by atoms with E-state index < -0.39 is 15.1 Å². The molecular weight excluding hydrogens is 254 g/mol. The molecule has 7 heteroatoms. The molecule has 0 N–H and O–H groups in total. The maximum Gasteiger partial charge on any atom is 0.414 e. The second-order valence-corrected chi connectivity index (χ2v) is 5.71. The van der Waals surface area contributed by atoms with Gasteiger partial charge in [0.1, 0.15) is 11.5 Å². The van der Waals surface area contributed by atoms with Crippen LogP contribution in [0.3, 0.4) is 0 Å². The number of para-hydroxylation sites is 1. The van der Waals surface area contributed by atoms with Gasteiger partial charge in [-0.1, -0.05) is 12.1 Å². The second kappa shape index (κ2) is 3.95. The molecule has 0 saturated carbocycles. The largest absolute Gasteiger partial charge is 0.447 e. The molecule has 0 radical (unpaired) electrons. The summed E-state index contributed by atoms with van der Waals surface area (Å²) in [4.78, 5) is 12.5. The van der Waals surface area contributed by atoms with Crippen LogP contribution >= 0.6 is 10.7 Å². The van der Waals surface area contributed by atoms with Gasteiger partial charge >= 0.3 is 6.09 Å². The molecule has 16 heavy (non-hydrogen) atoms. The van der Waals surface area contributed by atoms with E-state index in [1.165, 1.54) is 17.0 Å². The fourth-order valence-corrected chi connectivity index (χ4v) is 2.56. The Morgan fingerprint density at radius 2 is 2.00 bits per heavy atom. The maximum absolute atomic E-state index is 11.3. The minimum Gasteiger partial charge on any atom is -0.447 e. The van der Waals surface area contributed by atoms with Gasteiger partial charge in [0.15, 0.2) is 0 Å². The molecule has 0 aromatic heterocycles. The van der Waals surface area contributed by atoms with Gasteiger partial charge in [0.2, 0.25) is 0 Å². The lowest BCUT2D eigenvalue weighted by Gasteiger charge is -2.15. The van der Waals surface area contributed by atoms with E-state index in [0.717, 1.165) is 0 Å². The normalized spacial score (nSPS) is 16.3. The van der Waals surface area contributed by atoms with Crippen LogP contribution < -0.4 is 4.90 Å². The molecule has 1 aromatic rings. The summed E-state index contributed by atoms with van der Waals surface area (Å²) < 4.78 is 27.3. The van der Waals surface area contributed by atoms with Crippen LogP contribution in [-0.2, 0) is 13.8 Å². The number of rotatable bonds is 2. The van der Waals surface area contributed by atoms with Gasteiger partial charge in [-0.25, -0.2) is 13.2 Å². The molecule has 0 aliphatic carbocycles. The van der Waals surface area contributed by atoms with Crippen molar-refractivity contribution < 1.29 is 17.9 Å². The minimum atomic E-state index is -3.87. The number of anilines is 1. The second-order valence-electron chi connectivity index (χ2n) is 3.17. The van der Waals surface area contributed by atoms with Crippen LogP contribution in [0.2, 0.25) is 0 Å². The first-order chi connectivity index (χ1) is 7.50. The highest BCUT2D eigenvalue weighted by molar-refractivity contribution is 8.13. The van der Waals surface area contributed by atoms with Crippen molar-refractivity contribution in [1.82, 2.24) is 0 Å². The molecular formula is C9H8ClNO4S. The van der Waals surface area contributed by atoms with E-state index in [2.05, 4.69) is 0 Å². The van der Waals surface area contributed by atoms with Crippen LogP contribution in [0, 0.1) is 0 Å². The predicted molar refractivity (Wildman–Crippen MR) is 58.2 cm³/mol. The Hall–Kier alpha value is -1.27. The monoisotopic (exact) mass is 261 g/mol. The molecule has 1 aliphatic rings. The van der Waals surface area contributed by atoms with Gasteiger partial charge in [0, 0.05) is 10.7 Å². The number of carbonyl (C=O) groups is 1. The lowest BCUT2D eigenvalue weighted by molar-refractivity contribution is 0.181. The van der Waals surface area contributed by atoms with Gasteiger partial charge < -0.3 is 4.74 Å². The number of carbonyl (C=O) groups excluding carboxylic acids is 1. The molecule has 0 bridgehead atoms. The molecule has 0 atom stereocenters. The summed E-state index contributed by atoms with van der Waals surface area (Å²) in [7, 11) is 1.41. The highest BCUT2D eigenvalue weighted by Gasteiger charge is 2.28. The standard InChI is InChI=1S/C9H8ClNO4S/c10-16(13,14)8-4-2-1-3-7(8)11-5-6-15-9(11)12/h1-4H,5-6H2. The van der Waals surface area contributed by atoms with E-state index in [1.54, 1.807) is 12.1 Å². The Morgan fingerprint density at radius 3 is 2.56 bits per heavy atom. The zero-order valence-electron chi connectivity index (χ0n) is 8.09. The van der Waals surface area contributed by atoms with Gasteiger partial charge in [-0.3, -0.25) is 4.90 Å². The number of hydrogen-bond donors (Lipinski definition) is 0. The fraction of sp³-hybridized carbons (Fsp3) is 0.222. The van der Waals surface area contributed by atoms with E-state index in [1.807, 2.05) is 0 Å². The zero-order chi connectivity index (χ0) is 11.8. The summed E-state index contributed by atoms with van der Waals surface area (Å²) in [5.74, 6) is 0. The van der Waals surface area contributed by atoms with Crippen LogP contribution in [0.4, 0.5) is 10.5 Å². The van der Waals surface area contributed by atoms with Crippen molar-refractivity contribution in [2.75, 3.05) is 18.1 Å². The maximum atomic E-state index is 11.3. The Balaban J connectivity index is 2.53. The number of hydrogen-bond acceptors (Lipinski definition) is 4. The minimum absolute atomic E-state index is 0.0875. The molecule has 2 rings (SSSR count). The van der Waals surface area contributed by atoms with Crippen LogP contribution in [0.1, 0.15) is 0 Å². The molecule has 0 unspecified atom stereocenters. The predicted octanol–water partition coefficient (Wildman–Crippen LogP) is 1.57. The first-order valence-electron chi connectivity index (χ1n) is 4.48. The summed E-state index contributed by atoms with van der Waals surface area (Å²) in [5, 5.41) is 0. The highest BCUT2D eigenvalue weighted by atomic mass is 35.7. The molecule has 1 aliphatic heterocycles. The summed E-state index contributed by atoms with van der Waals surface area (Å²) >= 11 is 0. The van der Waals surface area contributed by atoms with Crippen molar-refractivity contribution in [2.45, 2.75) is 4.90 Å². The molecule has 5 nitrogen and oxygen atoms in total.